The van der Waals surface area contributed by atoms with Crippen LogP contribution in [0.3, 0.4) is 0 Å². The van der Waals surface area contributed by atoms with Gasteiger partial charge in [0, 0.05) is 19.1 Å². The maximum Gasteiger partial charge on any atom is 0.00933 e. The molecular formula is C14H28N2. The summed E-state index contributed by atoms with van der Waals surface area (Å²) in [6, 6.07) is 0.884. The van der Waals surface area contributed by atoms with E-state index in [1.54, 1.807) is 0 Å². The predicted molar refractivity (Wildman–Crippen MR) is 69.7 cm³/mol. The average molecular weight is 224 g/mol. The third-order valence-electron chi connectivity index (χ3n) is 4.62. The van der Waals surface area contributed by atoms with Crippen molar-refractivity contribution in [2.45, 2.75) is 58.4 Å². The van der Waals surface area contributed by atoms with Crippen LogP contribution in [0.15, 0.2) is 0 Å². The number of rotatable bonds is 5. The zero-order chi connectivity index (χ0) is 11.4. The first-order valence-electron chi connectivity index (χ1n) is 7.24. The van der Waals surface area contributed by atoms with Gasteiger partial charge in [-0.2, -0.15) is 0 Å². The summed E-state index contributed by atoms with van der Waals surface area (Å²) in [6.45, 7) is 9.89. The number of likely N-dealkylation sites (tertiary alicyclic amines) is 1. The van der Waals surface area contributed by atoms with Gasteiger partial charge in [-0.1, -0.05) is 20.3 Å². The van der Waals surface area contributed by atoms with Gasteiger partial charge in [-0.05, 0) is 50.6 Å². The first-order chi connectivity index (χ1) is 7.79. The van der Waals surface area contributed by atoms with Crippen molar-refractivity contribution in [1.29, 1.82) is 0 Å². The maximum absolute atomic E-state index is 3.58. The summed E-state index contributed by atoms with van der Waals surface area (Å²) in [6.07, 6.45) is 8.35. The molecule has 94 valence electrons. The standard InChI is InChI=1S/C14H28N2/c1-3-7-14(8-9-15-11-14)12-16-10-5-6-13(16)4-2/h13,15H,3-12H2,1-2H3. The smallest absolute Gasteiger partial charge is 0.00933 e. The Balaban J connectivity index is 1.94. The predicted octanol–water partition coefficient (Wildman–Crippen LogP) is 2.64. The summed E-state index contributed by atoms with van der Waals surface area (Å²) in [5, 5.41) is 3.58. The molecule has 2 aliphatic heterocycles. The van der Waals surface area contributed by atoms with Crippen LogP contribution in [0, 0.1) is 5.41 Å². The Kier molecular flexibility index (Phi) is 4.26. The molecule has 2 nitrogen and oxygen atoms in total. The SMILES string of the molecule is CCCC1(CN2CCCC2CC)CCNC1. The highest BCUT2D eigenvalue weighted by Gasteiger charge is 2.37. The summed E-state index contributed by atoms with van der Waals surface area (Å²) >= 11 is 0. The van der Waals surface area contributed by atoms with E-state index in [4.69, 9.17) is 0 Å². The topological polar surface area (TPSA) is 15.3 Å². The minimum Gasteiger partial charge on any atom is -0.316 e. The molecule has 1 N–H and O–H groups in total. The van der Waals surface area contributed by atoms with Crippen LogP contribution in [0.5, 0.6) is 0 Å². The average Bonchev–Trinajstić information content (AvgIpc) is 2.89. The Morgan fingerprint density at radius 2 is 2.25 bits per heavy atom. The normalized spacial score (nSPS) is 36.0. The summed E-state index contributed by atoms with van der Waals surface area (Å²) in [5.74, 6) is 0. The van der Waals surface area contributed by atoms with Crippen molar-refractivity contribution in [1.82, 2.24) is 10.2 Å². The number of nitrogens with zero attached hydrogens (tertiary/aromatic N) is 1. The molecular weight excluding hydrogens is 196 g/mol. The van der Waals surface area contributed by atoms with E-state index in [9.17, 15) is 0 Å². The molecule has 0 aromatic heterocycles. The fraction of sp³-hybridized carbons (Fsp3) is 1.00. The molecule has 2 atom stereocenters. The second-order valence-corrected chi connectivity index (χ2v) is 5.85. The van der Waals surface area contributed by atoms with Crippen molar-refractivity contribution in [2.75, 3.05) is 26.2 Å². The lowest BCUT2D eigenvalue weighted by Crippen LogP contribution is -2.41. The van der Waals surface area contributed by atoms with Crippen LogP contribution in [0.2, 0.25) is 0 Å². The van der Waals surface area contributed by atoms with Gasteiger partial charge in [-0.25, -0.2) is 0 Å². The van der Waals surface area contributed by atoms with Gasteiger partial charge in [-0.3, -0.25) is 4.90 Å². The molecule has 0 saturated carbocycles. The monoisotopic (exact) mass is 224 g/mol. The third-order valence-corrected chi connectivity index (χ3v) is 4.62. The summed E-state index contributed by atoms with van der Waals surface area (Å²) in [7, 11) is 0. The van der Waals surface area contributed by atoms with Gasteiger partial charge in [-0.15, -0.1) is 0 Å². The fourth-order valence-electron chi connectivity index (χ4n) is 3.75. The zero-order valence-electron chi connectivity index (χ0n) is 11.1. The Hall–Kier alpha value is -0.0800. The Bertz CT molecular complexity index is 209. The minimum absolute atomic E-state index is 0.604. The van der Waals surface area contributed by atoms with Crippen molar-refractivity contribution in [3.63, 3.8) is 0 Å². The molecule has 2 heteroatoms. The minimum atomic E-state index is 0.604. The molecule has 2 fully saturated rings. The van der Waals surface area contributed by atoms with E-state index in [0.717, 1.165) is 6.04 Å². The highest BCUT2D eigenvalue weighted by atomic mass is 15.2. The highest BCUT2D eigenvalue weighted by molar-refractivity contribution is 4.92. The highest BCUT2D eigenvalue weighted by Crippen LogP contribution is 2.34. The van der Waals surface area contributed by atoms with Gasteiger partial charge < -0.3 is 5.32 Å². The van der Waals surface area contributed by atoms with Crippen LogP contribution in [-0.4, -0.2) is 37.1 Å². The van der Waals surface area contributed by atoms with E-state index in [0.29, 0.717) is 5.41 Å². The lowest BCUT2D eigenvalue weighted by atomic mass is 9.81. The van der Waals surface area contributed by atoms with E-state index in [1.807, 2.05) is 0 Å². The van der Waals surface area contributed by atoms with Crippen molar-refractivity contribution in [3.05, 3.63) is 0 Å². The molecule has 0 aromatic rings. The molecule has 16 heavy (non-hydrogen) atoms. The van der Waals surface area contributed by atoms with Crippen LogP contribution < -0.4 is 5.32 Å². The quantitative estimate of drug-likeness (QED) is 0.772. The molecule has 0 aliphatic carbocycles. The third kappa shape index (κ3) is 2.60. The largest absolute Gasteiger partial charge is 0.316 e. The van der Waals surface area contributed by atoms with E-state index in [1.165, 1.54) is 64.7 Å². The van der Waals surface area contributed by atoms with Crippen molar-refractivity contribution >= 4 is 0 Å². The molecule has 2 unspecified atom stereocenters. The number of hydrogen-bond donors (Lipinski definition) is 1. The van der Waals surface area contributed by atoms with Crippen LogP contribution in [0.4, 0.5) is 0 Å². The molecule has 2 saturated heterocycles. The van der Waals surface area contributed by atoms with Gasteiger partial charge >= 0.3 is 0 Å². The molecule has 0 radical (unpaired) electrons. The molecule has 0 aromatic carbocycles. The second-order valence-electron chi connectivity index (χ2n) is 5.85. The number of nitrogens with one attached hydrogen (secondary N) is 1. The first-order valence-corrected chi connectivity index (χ1v) is 7.24. The van der Waals surface area contributed by atoms with Crippen molar-refractivity contribution in [2.24, 2.45) is 5.41 Å². The van der Waals surface area contributed by atoms with Gasteiger partial charge in [0.15, 0.2) is 0 Å². The van der Waals surface area contributed by atoms with Gasteiger partial charge in [0.1, 0.15) is 0 Å². The van der Waals surface area contributed by atoms with E-state index < -0.39 is 0 Å². The summed E-state index contributed by atoms with van der Waals surface area (Å²) in [5.41, 5.74) is 0.604. The van der Waals surface area contributed by atoms with Crippen molar-refractivity contribution < 1.29 is 0 Å². The van der Waals surface area contributed by atoms with Crippen LogP contribution >= 0.6 is 0 Å². The second kappa shape index (κ2) is 5.50. The van der Waals surface area contributed by atoms with Crippen LogP contribution in [0.1, 0.15) is 52.4 Å². The zero-order valence-corrected chi connectivity index (χ0v) is 11.1. The molecule has 0 bridgehead atoms. The van der Waals surface area contributed by atoms with Gasteiger partial charge in [0.25, 0.3) is 0 Å². The van der Waals surface area contributed by atoms with E-state index >= 15 is 0 Å². The number of hydrogen-bond acceptors (Lipinski definition) is 2. The maximum atomic E-state index is 3.58. The van der Waals surface area contributed by atoms with Crippen LogP contribution in [-0.2, 0) is 0 Å². The summed E-state index contributed by atoms with van der Waals surface area (Å²) < 4.78 is 0. The van der Waals surface area contributed by atoms with E-state index in [2.05, 4.69) is 24.1 Å². The molecule has 0 amide bonds. The molecule has 0 spiro atoms. The Morgan fingerprint density at radius 1 is 1.38 bits per heavy atom. The first kappa shape index (κ1) is 12.4. The fourth-order valence-corrected chi connectivity index (χ4v) is 3.75. The van der Waals surface area contributed by atoms with Crippen molar-refractivity contribution in [3.8, 4) is 0 Å². The molecule has 2 aliphatic rings. The van der Waals surface area contributed by atoms with E-state index in [-0.39, 0.29) is 0 Å². The van der Waals surface area contributed by atoms with Gasteiger partial charge in [0.05, 0.1) is 0 Å². The van der Waals surface area contributed by atoms with Crippen LogP contribution in [0.25, 0.3) is 0 Å². The van der Waals surface area contributed by atoms with Gasteiger partial charge in [0.2, 0.25) is 0 Å². The lowest BCUT2D eigenvalue weighted by Gasteiger charge is -2.35. The summed E-state index contributed by atoms with van der Waals surface area (Å²) in [4.78, 5) is 2.78. The molecule has 2 heterocycles. The molecule has 2 rings (SSSR count). The lowest BCUT2D eigenvalue weighted by molar-refractivity contribution is 0.139. The Morgan fingerprint density at radius 3 is 2.88 bits per heavy atom. The Labute approximate surface area is 101 Å².